The third-order valence-electron chi connectivity index (χ3n) is 15.3. The van der Waals surface area contributed by atoms with Crippen LogP contribution in [0, 0.1) is 24.7 Å². The van der Waals surface area contributed by atoms with Gasteiger partial charge in [-0.05, 0) is 148 Å². The normalized spacial score (nSPS) is 39.0. The van der Waals surface area contributed by atoms with Gasteiger partial charge in [0.25, 0.3) is 0 Å². The lowest BCUT2D eigenvalue weighted by atomic mass is 9.77. The van der Waals surface area contributed by atoms with E-state index in [0.29, 0.717) is 45.3 Å². The van der Waals surface area contributed by atoms with Gasteiger partial charge in [-0.25, -0.2) is 0 Å². The van der Waals surface area contributed by atoms with E-state index in [9.17, 15) is 30.0 Å². The minimum Gasteiger partial charge on any atom is -0.448 e. The fraction of sp³-hybridized carbons (Fsp3) is 0.792. The first kappa shape index (κ1) is 60.5. The number of hydrogen-bond donors (Lipinski definition) is 6. The molecule has 1 amide bonds. The van der Waals surface area contributed by atoms with E-state index in [1.165, 1.54) is 14.0 Å². The van der Waals surface area contributed by atoms with Crippen LogP contribution in [0.1, 0.15) is 106 Å². The zero-order chi connectivity index (χ0) is 53.5. The maximum atomic E-state index is 14.4. The first-order valence-corrected chi connectivity index (χ1v) is 27.1. The Morgan fingerprint density at radius 1 is 0.972 bits per heavy atom. The van der Waals surface area contributed by atoms with Crippen LogP contribution < -0.4 is 10.6 Å². The number of nitrogens with one attached hydrogen (secondary N) is 2. The molecule has 18 atom stereocenters. The number of carbonyl (C=O) groups excluding carboxylic acids is 2. The predicted octanol–water partition coefficient (Wildman–Crippen LogP) is 5.16. The summed E-state index contributed by atoms with van der Waals surface area (Å²) >= 11 is 1.84. The van der Waals surface area contributed by atoms with E-state index in [0.717, 1.165) is 22.2 Å². The lowest BCUT2D eigenvalue weighted by Gasteiger charge is -2.49. The zero-order valence-corrected chi connectivity index (χ0v) is 47.5. The molecule has 1 unspecified atom stereocenters. The fourth-order valence-electron chi connectivity index (χ4n) is 10.8. The molecule has 18 nitrogen and oxygen atoms in total. The number of alkyl halides is 1. The van der Waals surface area contributed by atoms with E-state index in [1.54, 1.807) is 40.8 Å². The van der Waals surface area contributed by atoms with E-state index in [2.05, 4.69) is 38.7 Å². The topological polar surface area (TPSA) is 223 Å². The minimum atomic E-state index is -1.85. The Balaban J connectivity index is 1.37. The Labute approximate surface area is 442 Å². The van der Waals surface area contributed by atoms with Crippen LogP contribution in [-0.4, -0.2) is 190 Å². The number of hydrogen-bond acceptors (Lipinski definition) is 17. The molecule has 0 saturated carbocycles. The van der Waals surface area contributed by atoms with Gasteiger partial charge in [-0.3, -0.25) is 14.6 Å². The Hall–Kier alpha value is -2.38. The molecule has 6 N–H and O–H groups in total. The maximum absolute atomic E-state index is 14.4. The number of carbonyl (C=O) groups is 2. The Kier molecular flexibility index (Phi) is 21.9. The second-order valence-corrected chi connectivity index (χ2v) is 23.2. The second kappa shape index (κ2) is 26.1. The van der Waals surface area contributed by atoms with Crippen LogP contribution in [0.3, 0.4) is 0 Å². The van der Waals surface area contributed by atoms with Crippen molar-refractivity contribution in [2.24, 2.45) is 17.8 Å². The van der Waals surface area contributed by atoms with Gasteiger partial charge in [-0.1, -0.05) is 26.0 Å². The number of aliphatic hydroxyl groups is 4. The van der Waals surface area contributed by atoms with Crippen molar-refractivity contribution in [3.05, 3.63) is 36.0 Å². The highest BCUT2D eigenvalue weighted by atomic mass is 127. The number of ether oxygens (including phenoxy) is 7. The van der Waals surface area contributed by atoms with Crippen molar-refractivity contribution in [2.75, 3.05) is 59.8 Å². The molecule has 0 aliphatic carbocycles. The molecule has 19 heteroatoms. The van der Waals surface area contributed by atoms with Crippen molar-refractivity contribution in [2.45, 2.75) is 196 Å². The van der Waals surface area contributed by atoms with E-state index in [4.69, 9.17) is 33.2 Å². The molecule has 3 fully saturated rings. The molecule has 0 spiro atoms. The van der Waals surface area contributed by atoms with Gasteiger partial charge in [0.05, 0.1) is 47.1 Å². The summed E-state index contributed by atoms with van der Waals surface area (Å²) in [5.41, 5.74) is -1.43. The van der Waals surface area contributed by atoms with Crippen molar-refractivity contribution in [1.29, 1.82) is 0 Å². The van der Waals surface area contributed by atoms with Gasteiger partial charge >= 0.3 is 5.97 Å². The van der Waals surface area contributed by atoms with Gasteiger partial charge in [0.15, 0.2) is 16.7 Å². The van der Waals surface area contributed by atoms with Gasteiger partial charge < -0.3 is 74.0 Å². The van der Waals surface area contributed by atoms with Crippen molar-refractivity contribution in [3.63, 3.8) is 0 Å². The highest BCUT2D eigenvalue weighted by molar-refractivity contribution is 14.1. The molecule has 410 valence electrons. The number of fused-ring (bicyclic) bond motifs is 1. The van der Waals surface area contributed by atoms with E-state index < -0.39 is 94.0 Å². The molecule has 0 radical (unpaired) electrons. The SMILES string of the molecule is CO[C@]1(C)C[C@H](O[C@H]2[C@H](C)[C@@H](O[C@@H]3OC(C)C[C@H](N(C)C)[C@H]3OCCCNC(=O)CCCNc3ccnc4cc(C)ccc34)[C@](C)(O)C[C@@H](C)CN(C)[C@H](C)[C@@H](O)[C@](C)(O)[C@@H](I)OC(=O)[C@@H]2C)O[C@@H](C)[C@@H]1O. The molecule has 72 heavy (non-hydrogen) atoms. The highest BCUT2D eigenvalue weighted by Gasteiger charge is 2.53. The predicted molar refractivity (Wildman–Crippen MR) is 283 cm³/mol. The molecule has 3 aliphatic rings. The third kappa shape index (κ3) is 15.2. The number of aromatic nitrogens is 1. The smallest absolute Gasteiger partial charge is 0.312 e. The first-order valence-electron chi connectivity index (χ1n) is 25.9. The summed E-state index contributed by atoms with van der Waals surface area (Å²) in [6.45, 7) is 19.8. The molecule has 4 heterocycles. The largest absolute Gasteiger partial charge is 0.448 e. The second-order valence-electron chi connectivity index (χ2n) is 22.0. The number of benzene rings is 1. The van der Waals surface area contributed by atoms with Crippen molar-refractivity contribution in [1.82, 2.24) is 20.1 Å². The van der Waals surface area contributed by atoms with Gasteiger partial charge in [0.2, 0.25) is 5.91 Å². The van der Waals surface area contributed by atoms with Gasteiger partial charge in [-0.15, -0.1) is 0 Å². The number of aryl methyl sites for hydroxylation is 1. The van der Waals surface area contributed by atoms with Gasteiger partial charge in [-0.2, -0.15) is 0 Å². The molecule has 5 rings (SSSR count). The molecular formula is C53H88IN5O13. The highest BCUT2D eigenvalue weighted by Crippen LogP contribution is 2.41. The lowest BCUT2D eigenvalue weighted by molar-refractivity contribution is -0.321. The maximum Gasteiger partial charge on any atom is 0.312 e. The summed E-state index contributed by atoms with van der Waals surface area (Å²) in [4.78, 5) is 35.8. The van der Waals surface area contributed by atoms with Crippen LogP contribution >= 0.6 is 22.6 Å². The van der Waals surface area contributed by atoms with Crippen LogP contribution in [-0.2, 0) is 42.7 Å². The van der Waals surface area contributed by atoms with E-state index in [-0.39, 0.29) is 43.4 Å². The van der Waals surface area contributed by atoms with Crippen LogP contribution in [0.15, 0.2) is 30.5 Å². The summed E-state index contributed by atoms with van der Waals surface area (Å²) in [6.07, 6.45) is -3.65. The number of likely N-dealkylation sites (N-methyl/N-ethyl adjacent to an activating group) is 2. The number of cyclic esters (lactones) is 1. The van der Waals surface area contributed by atoms with Crippen molar-refractivity contribution < 1.29 is 63.2 Å². The van der Waals surface area contributed by atoms with Crippen LogP contribution in [0.2, 0.25) is 0 Å². The number of rotatable bonds is 16. The number of methoxy groups -OCH3 is 1. The molecule has 0 bridgehead atoms. The zero-order valence-electron chi connectivity index (χ0n) is 45.3. The summed E-state index contributed by atoms with van der Waals surface area (Å²) in [5, 5.41) is 54.8. The van der Waals surface area contributed by atoms with Gasteiger partial charge in [0.1, 0.15) is 23.9 Å². The molecule has 2 aromatic rings. The number of amides is 1. The summed E-state index contributed by atoms with van der Waals surface area (Å²) < 4.78 is 44.2. The quantitative estimate of drug-likeness (QED) is 0.0553. The molecule has 3 aliphatic heterocycles. The standard InChI is InChI=1S/C53H88IN5O13/c1-30-18-19-37-38(20-23-56-39(37)25-30)55-21-15-17-41(60)57-22-16-24-67-44-40(58(11)12)26-32(3)68-49(44)71-47-33(4)43(70-42-28-52(9,66-14)46(62)36(7)69-42)34(5)48(63)72-50(54)53(10,65)45(61)35(6)59(13)29-31(2)27-51(47,8)64/h18-20,23,25,31-36,40,42-47,49-50,61-62,64-65H,15-17,21-22,24,26-29H2,1-14H3,(H,55,56)(H,57,60)/t31-,32?,33+,34-,35-,36+,40+,42+,43+,44-,45-,46+,47-,49+,50+,51-,52-,53+/m1/s1. The van der Waals surface area contributed by atoms with E-state index in [1.807, 2.05) is 82.4 Å². The number of pyridine rings is 1. The molecular weight excluding hydrogens is 1040 g/mol. The third-order valence-corrected chi connectivity index (χ3v) is 16.8. The summed E-state index contributed by atoms with van der Waals surface area (Å²) in [6, 6.07) is 7.40. The Morgan fingerprint density at radius 3 is 2.36 bits per heavy atom. The lowest BCUT2D eigenvalue weighted by Crippen LogP contribution is -2.61. The summed E-state index contributed by atoms with van der Waals surface area (Å²) in [7, 11) is 7.32. The number of esters is 1. The number of halogens is 1. The Morgan fingerprint density at radius 2 is 1.68 bits per heavy atom. The molecule has 1 aromatic heterocycles. The van der Waals surface area contributed by atoms with Crippen molar-refractivity contribution in [3.8, 4) is 0 Å². The average Bonchev–Trinajstić information content (AvgIpc) is 3.31. The average molecular weight is 1130 g/mol. The first-order chi connectivity index (χ1) is 33.7. The number of anilines is 1. The molecule has 3 saturated heterocycles. The minimum absolute atomic E-state index is 0.0497. The van der Waals surface area contributed by atoms with Crippen molar-refractivity contribution >= 4 is 51.1 Å². The summed E-state index contributed by atoms with van der Waals surface area (Å²) in [5.74, 6) is -2.75. The number of aliphatic hydroxyl groups excluding tert-OH is 2. The van der Waals surface area contributed by atoms with E-state index >= 15 is 0 Å². The van der Waals surface area contributed by atoms with Crippen LogP contribution in [0.5, 0.6) is 0 Å². The molecule has 1 aromatic carbocycles. The van der Waals surface area contributed by atoms with Crippen LogP contribution in [0.25, 0.3) is 10.9 Å². The number of nitrogens with zero attached hydrogens (tertiary/aromatic N) is 3. The monoisotopic (exact) mass is 1130 g/mol. The fourth-order valence-corrected chi connectivity index (χ4v) is 11.4. The van der Waals surface area contributed by atoms with Crippen LogP contribution in [0.4, 0.5) is 5.69 Å². The Bertz CT molecular complexity index is 2050. The van der Waals surface area contributed by atoms with Gasteiger partial charge in [0, 0.05) is 81.5 Å².